The quantitative estimate of drug-likeness (QED) is 0.862. The Morgan fingerprint density at radius 3 is 2.52 bits per heavy atom. The first kappa shape index (κ1) is 16.3. The first-order valence-corrected chi connectivity index (χ1v) is 7.94. The highest BCUT2D eigenvalue weighted by Gasteiger charge is 2.35. The van der Waals surface area contributed by atoms with Gasteiger partial charge in [0.05, 0.1) is 19.3 Å². The zero-order valence-corrected chi connectivity index (χ0v) is 13.9. The molecule has 0 bridgehead atoms. The van der Waals surface area contributed by atoms with Crippen LogP contribution in [0.25, 0.3) is 0 Å². The van der Waals surface area contributed by atoms with Crippen molar-refractivity contribution >= 4 is 0 Å². The van der Waals surface area contributed by atoms with Gasteiger partial charge in [0, 0.05) is 12.1 Å². The average Bonchev–Trinajstić information content (AvgIpc) is 2.92. The van der Waals surface area contributed by atoms with Crippen molar-refractivity contribution in [2.75, 3.05) is 13.7 Å². The average molecular weight is 291 g/mol. The molecule has 0 aliphatic heterocycles. The van der Waals surface area contributed by atoms with Crippen LogP contribution in [-0.2, 0) is 11.3 Å². The molecule has 1 aromatic rings. The Kier molecular flexibility index (Phi) is 5.28. The lowest BCUT2D eigenvalue weighted by Gasteiger charge is -2.33. The molecular formula is C18H29NO2. The molecule has 1 saturated carbocycles. The highest BCUT2D eigenvalue weighted by atomic mass is 16.5. The molecule has 0 heterocycles. The van der Waals surface area contributed by atoms with Crippen LogP contribution < -0.4 is 10.1 Å². The van der Waals surface area contributed by atoms with Crippen molar-refractivity contribution in [1.29, 1.82) is 0 Å². The minimum Gasteiger partial charge on any atom is -0.497 e. The van der Waals surface area contributed by atoms with Crippen LogP contribution >= 0.6 is 0 Å². The molecule has 3 heteroatoms. The molecule has 1 aliphatic carbocycles. The summed E-state index contributed by atoms with van der Waals surface area (Å²) in [5.74, 6) is 0.893. The molecule has 0 unspecified atom stereocenters. The molecule has 1 aromatic carbocycles. The molecule has 1 N–H and O–H groups in total. The van der Waals surface area contributed by atoms with E-state index in [0.29, 0.717) is 6.61 Å². The van der Waals surface area contributed by atoms with Gasteiger partial charge in [0.2, 0.25) is 0 Å². The van der Waals surface area contributed by atoms with Gasteiger partial charge in [-0.15, -0.1) is 0 Å². The van der Waals surface area contributed by atoms with E-state index in [1.807, 2.05) is 12.1 Å². The maximum Gasteiger partial charge on any atom is 0.119 e. The molecule has 0 aromatic heterocycles. The molecule has 1 aliphatic rings. The Hall–Kier alpha value is -1.06. The van der Waals surface area contributed by atoms with Gasteiger partial charge in [0.1, 0.15) is 5.75 Å². The largest absolute Gasteiger partial charge is 0.497 e. The summed E-state index contributed by atoms with van der Waals surface area (Å²) in [6, 6.07) is 8.14. The lowest BCUT2D eigenvalue weighted by molar-refractivity contribution is -0.0535. The summed E-state index contributed by atoms with van der Waals surface area (Å²) in [5, 5.41) is 3.61. The first-order valence-electron chi connectivity index (χ1n) is 7.94. The van der Waals surface area contributed by atoms with Crippen LogP contribution in [0.3, 0.4) is 0 Å². The van der Waals surface area contributed by atoms with E-state index in [1.54, 1.807) is 7.11 Å². The molecule has 0 spiro atoms. The van der Waals surface area contributed by atoms with Crippen LogP contribution in [0.5, 0.6) is 5.75 Å². The second-order valence-electron chi connectivity index (χ2n) is 7.13. The fraction of sp³-hybridized carbons (Fsp3) is 0.667. The van der Waals surface area contributed by atoms with Crippen LogP contribution in [0.1, 0.15) is 52.0 Å². The number of nitrogens with one attached hydrogen (secondary N) is 1. The van der Waals surface area contributed by atoms with Crippen molar-refractivity contribution in [2.45, 2.75) is 64.2 Å². The monoisotopic (exact) mass is 291 g/mol. The van der Waals surface area contributed by atoms with Crippen molar-refractivity contribution in [3.63, 3.8) is 0 Å². The summed E-state index contributed by atoms with van der Waals surface area (Å²) >= 11 is 0. The second kappa shape index (κ2) is 6.80. The van der Waals surface area contributed by atoms with Gasteiger partial charge < -0.3 is 14.8 Å². The van der Waals surface area contributed by atoms with Gasteiger partial charge in [-0.3, -0.25) is 0 Å². The third-order valence-corrected chi connectivity index (χ3v) is 4.13. The summed E-state index contributed by atoms with van der Waals surface area (Å²) in [7, 11) is 1.70. The van der Waals surface area contributed by atoms with Crippen molar-refractivity contribution in [2.24, 2.45) is 0 Å². The molecule has 2 rings (SSSR count). The Morgan fingerprint density at radius 2 is 1.90 bits per heavy atom. The molecule has 118 valence electrons. The second-order valence-corrected chi connectivity index (χ2v) is 7.13. The van der Waals surface area contributed by atoms with Gasteiger partial charge in [-0.1, -0.05) is 25.0 Å². The van der Waals surface area contributed by atoms with Crippen molar-refractivity contribution < 1.29 is 9.47 Å². The summed E-state index contributed by atoms with van der Waals surface area (Å²) in [5.41, 5.74) is 1.31. The van der Waals surface area contributed by atoms with Crippen LogP contribution in [0.15, 0.2) is 24.3 Å². The summed E-state index contributed by atoms with van der Waals surface area (Å²) in [6.45, 7) is 8.20. The van der Waals surface area contributed by atoms with Crippen LogP contribution in [0.2, 0.25) is 0 Å². The van der Waals surface area contributed by atoms with E-state index in [9.17, 15) is 0 Å². The molecule has 0 amide bonds. The molecule has 21 heavy (non-hydrogen) atoms. The Morgan fingerprint density at radius 1 is 1.19 bits per heavy atom. The van der Waals surface area contributed by atoms with E-state index < -0.39 is 0 Å². The van der Waals surface area contributed by atoms with Gasteiger partial charge >= 0.3 is 0 Å². The zero-order valence-electron chi connectivity index (χ0n) is 13.9. The topological polar surface area (TPSA) is 30.5 Å². The van der Waals surface area contributed by atoms with Crippen molar-refractivity contribution in [1.82, 2.24) is 5.32 Å². The normalized spacial score (nSPS) is 17.9. The smallest absolute Gasteiger partial charge is 0.119 e. The van der Waals surface area contributed by atoms with Crippen LogP contribution in [0.4, 0.5) is 0 Å². The van der Waals surface area contributed by atoms with Gasteiger partial charge in [-0.2, -0.15) is 0 Å². The third kappa shape index (κ3) is 5.01. The van der Waals surface area contributed by atoms with Crippen LogP contribution in [0, 0.1) is 0 Å². The lowest BCUT2D eigenvalue weighted by Crippen LogP contribution is -2.47. The first-order chi connectivity index (χ1) is 9.92. The minimum atomic E-state index is -0.00361. The van der Waals surface area contributed by atoms with Gasteiger partial charge in [0.15, 0.2) is 0 Å². The Balaban J connectivity index is 1.96. The fourth-order valence-corrected chi connectivity index (χ4v) is 2.82. The van der Waals surface area contributed by atoms with E-state index >= 15 is 0 Å². The fourth-order valence-electron chi connectivity index (χ4n) is 2.82. The number of methoxy groups -OCH3 is 1. The molecule has 1 fully saturated rings. The van der Waals surface area contributed by atoms with Crippen LogP contribution in [-0.4, -0.2) is 24.8 Å². The molecule has 0 radical (unpaired) electrons. The van der Waals surface area contributed by atoms with E-state index in [-0.39, 0.29) is 11.1 Å². The summed E-state index contributed by atoms with van der Waals surface area (Å²) < 4.78 is 11.6. The predicted octanol–water partition coefficient (Wildman–Crippen LogP) is 3.91. The minimum absolute atomic E-state index is 0.00361. The molecule has 0 atom stereocenters. The van der Waals surface area contributed by atoms with E-state index in [0.717, 1.165) is 25.1 Å². The van der Waals surface area contributed by atoms with E-state index in [1.165, 1.54) is 18.4 Å². The van der Waals surface area contributed by atoms with Crippen molar-refractivity contribution in [3.8, 4) is 5.75 Å². The maximum absolute atomic E-state index is 6.35. The van der Waals surface area contributed by atoms with E-state index in [4.69, 9.17) is 9.47 Å². The van der Waals surface area contributed by atoms with Crippen molar-refractivity contribution in [3.05, 3.63) is 29.8 Å². The standard InChI is InChI=1S/C18H29NO2/c1-17(2,3)19-14-18(10-5-6-11-18)21-13-15-8-7-9-16(12-15)20-4/h7-9,12,19H,5-6,10-11,13-14H2,1-4H3. The lowest BCUT2D eigenvalue weighted by atomic mass is 9.99. The molecule has 3 nitrogen and oxygen atoms in total. The maximum atomic E-state index is 6.35. The number of hydrogen-bond donors (Lipinski definition) is 1. The SMILES string of the molecule is COc1cccc(COC2(CNC(C)(C)C)CCCC2)c1. The molecular weight excluding hydrogens is 262 g/mol. The van der Waals surface area contributed by atoms with Gasteiger partial charge in [-0.05, 0) is 51.3 Å². The zero-order chi connectivity index (χ0) is 15.3. The highest BCUT2D eigenvalue weighted by Crippen LogP contribution is 2.34. The number of hydrogen-bond acceptors (Lipinski definition) is 3. The predicted molar refractivity (Wildman–Crippen MR) is 86.7 cm³/mol. The highest BCUT2D eigenvalue weighted by molar-refractivity contribution is 5.27. The van der Waals surface area contributed by atoms with Gasteiger partial charge in [0.25, 0.3) is 0 Å². The summed E-state index contributed by atoms with van der Waals surface area (Å²) in [6.07, 6.45) is 4.84. The number of ether oxygens (including phenoxy) is 2. The molecule has 0 saturated heterocycles. The summed E-state index contributed by atoms with van der Waals surface area (Å²) in [4.78, 5) is 0. The van der Waals surface area contributed by atoms with Gasteiger partial charge in [-0.25, -0.2) is 0 Å². The number of benzene rings is 1. The Bertz CT molecular complexity index is 445. The van der Waals surface area contributed by atoms with E-state index in [2.05, 4.69) is 38.2 Å². The Labute approximate surface area is 129 Å². The third-order valence-electron chi connectivity index (χ3n) is 4.13. The number of rotatable bonds is 6.